The standard InChI is InChI=1S/C31H37ClN6O2/c1-20-7-5-8-26(13-20)35-31(40)38(27-10-9-21(2)28(32)14-27)12-6-11-36-15-24-17-37(18-25(24)16-36)30(39)29-22(3)33-19-34-23(29)4/h5,7-10,13-14,19,24-25H,6,11-12,15-18H2,1-4H3,(H,35,40). The lowest BCUT2D eigenvalue weighted by atomic mass is 10.0. The largest absolute Gasteiger partial charge is 0.338 e. The monoisotopic (exact) mass is 560 g/mol. The minimum absolute atomic E-state index is 0.0450. The molecule has 0 radical (unpaired) electrons. The van der Waals surface area contributed by atoms with Crippen LogP contribution in [0.5, 0.6) is 0 Å². The van der Waals surface area contributed by atoms with Gasteiger partial charge in [0.1, 0.15) is 6.33 Å². The van der Waals surface area contributed by atoms with Crippen molar-refractivity contribution in [2.75, 3.05) is 49.5 Å². The third-order valence-electron chi connectivity index (χ3n) is 8.13. The normalized spacial score (nSPS) is 18.6. The van der Waals surface area contributed by atoms with Crippen LogP contribution in [0.4, 0.5) is 16.2 Å². The molecular weight excluding hydrogens is 524 g/mol. The molecule has 1 aromatic heterocycles. The highest BCUT2D eigenvalue weighted by Crippen LogP contribution is 2.32. The maximum atomic E-state index is 13.4. The van der Waals surface area contributed by atoms with Crippen molar-refractivity contribution in [3.05, 3.63) is 81.9 Å². The molecule has 0 bridgehead atoms. The molecule has 2 atom stereocenters. The van der Waals surface area contributed by atoms with E-state index < -0.39 is 0 Å². The van der Waals surface area contributed by atoms with Crippen molar-refractivity contribution in [1.29, 1.82) is 0 Å². The minimum atomic E-state index is -0.173. The van der Waals surface area contributed by atoms with Crippen LogP contribution < -0.4 is 10.2 Å². The Morgan fingerprint density at radius 1 is 0.975 bits per heavy atom. The van der Waals surface area contributed by atoms with Crippen LogP contribution in [0.3, 0.4) is 0 Å². The summed E-state index contributed by atoms with van der Waals surface area (Å²) < 4.78 is 0. The second-order valence-corrected chi connectivity index (χ2v) is 11.6. The van der Waals surface area contributed by atoms with Gasteiger partial charge in [-0.2, -0.15) is 0 Å². The number of hydrogen-bond acceptors (Lipinski definition) is 5. The van der Waals surface area contributed by atoms with E-state index in [0.29, 0.717) is 29.0 Å². The summed E-state index contributed by atoms with van der Waals surface area (Å²) in [4.78, 5) is 41.3. The van der Waals surface area contributed by atoms with E-state index in [-0.39, 0.29) is 11.9 Å². The number of halogens is 1. The third kappa shape index (κ3) is 6.13. The maximum absolute atomic E-state index is 13.4. The molecule has 0 aliphatic carbocycles. The van der Waals surface area contributed by atoms with E-state index in [0.717, 1.165) is 73.0 Å². The molecule has 0 saturated carbocycles. The summed E-state index contributed by atoms with van der Waals surface area (Å²) in [5.74, 6) is 0.972. The molecule has 2 unspecified atom stereocenters. The summed E-state index contributed by atoms with van der Waals surface area (Å²) in [5.41, 5.74) is 5.73. The van der Waals surface area contributed by atoms with Gasteiger partial charge in [-0.1, -0.05) is 29.8 Å². The lowest BCUT2D eigenvalue weighted by molar-refractivity contribution is 0.0771. The van der Waals surface area contributed by atoms with Gasteiger partial charge in [-0.3, -0.25) is 9.69 Å². The summed E-state index contributed by atoms with van der Waals surface area (Å²) >= 11 is 6.42. The number of carbonyl (C=O) groups is 2. The fourth-order valence-electron chi connectivity index (χ4n) is 5.96. The zero-order valence-electron chi connectivity index (χ0n) is 23.7. The maximum Gasteiger partial charge on any atom is 0.326 e. The Bertz CT molecular complexity index is 1380. The number of aromatic nitrogens is 2. The Labute approximate surface area is 241 Å². The van der Waals surface area contributed by atoms with Crippen LogP contribution in [0.25, 0.3) is 0 Å². The molecule has 2 saturated heterocycles. The quantitative estimate of drug-likeness (QED) is 0.413. The van der Waals surface area contributed by atoms with Gasteiger partial charge >= 0.3 is 6.03 Å². The molecule has 1 N–H and O–H groups in total. The first-order valence-electron chi connectivity index (χ1n) is 13.9. The van der Waals surface area contributed by atoms with Gasteiger partial charge in [-0.25, -0.2) is 14.8 Å². The van der Waals surface area contributed by atoms with Gasteiger partial charge in [-0.15, -0.1) is 0 Å². The molecule has 2 aliphatic heterocycles. The number of anilines is 2. The van der Waals surface area contributed by atoms with Crippen LogP contribution >= 0.6 is 11.6 Å². The summed E-state index contributed by atoms with van der Waals surface area (Å²) in [7, 11) is 0. The van der Waals surface area contributed by atoms with Gasteiger partial charge in [0, 0.05) is 49.1 Å². The van der Waals surface area contributed by atoms with Gasteiger partial charge in [0.2, 0.25) is 0 Å². The van der Waals surface area contributed by atoms with Crippen molar-refractivity contribution in [3.63, 3.8) is 0 Å². The van der Waals surface area contributed by atoms with Gasteiger partial charge in [0.15, 0.2) is 0 Å². The second-order valence-electron chi connectivity index (χ2n) is 11.1. The average molecular weight is 561 g/mol. The van der Waals surface area contributed by atoms with E-state index in [2.05, 4.69) is 20.2 Å². The highest BCUT2D eigenvalue weighted by Gasteiger charge is 2.42. The number of nitrogens with zero attached hydrogens (tertiary/aromatic N) is 5. The van der Waals surface area contributed by atoms with Crippen LogP contribution in [-0.4, -0.2) is 71.0 Å². The van der Waals surface area contributed by atoms with E-state index in [4.69, 9.17) is 11.6 Å². The number of urea groups is 1. The van der Waals surface area contributed by atoms with Crippen LogP contribution in [0.1, 0.15) is 39.3 Å². The Morgan fingerprint density at radius 2 is 1.68 bits per heavy atom. The molecule has 9 heteroatoms. The number of hydrogen-bond donors (Lipinski definition) is 1. The lowest BCUT2D eigenvalue weighted by Crippen LogP contribution is -2.38. The zero-order valence-corrected chi connectivity index (χ0v) is 24.4. The van der Waals surface area contributed by atoms with E-state index in [9.17, 15) is 9.59 Å². The Morgan fingerprint density at radius 3 is 2.33 bits per heavy atom. The summed E-state index contributed by atoms with van der Waals surface area (Å²) in [6.07, 6.45) is 2.34. The molecule has 2 aromatic carbocycles. The number of nitrogens with one attached hydrogen (secondary N) is 1. The SMILES string of the molecule is Cc1cccc(NC(=O)N(CCCN2CC3CN(C(=O)c4c(C)ncnc4C)CC3C2)c2ccc(C)c(Cl)c2)c1. The molecule has 3 amide bonds. The van der Waals surface area contributed by atoms with Crippen LogP contribution in [-0.2, 0) is 0 Å². The molecule has 2 fully saturated rings. The Balaban J connectivity index is 1.18. The van der Waals surface area contributed by atoms with Crippen molar-refractivity contribution >= 4 is 34.9 Å². The highest BCUT2D eigenvalue weighted by molar-refractivity contribution is 6.31. The first-order valence-corrected chi connectivity index (χ1v) is 14.3. The number of fused-ring (bicyclic) bond motifs is 1. The lowest BCUT2D eigenvalue weighted by Gasteiger charge is -2.26. The highest BCUT2D eigenvalue weighted by atomic mass is 35.5. The summed E-state index contributed by atoms with van der Waals surface area (Å²) in [5, 5.41) is 3.69. The first kappa shape index (κ1) is 28.1. The zero-order chi connectivity index (χ0) is 28.4. The number of rotatable bonds is 7. The van der Waals surface area contributed by atoms with Crippen molar-refractivity contribution in [3.8, 4) is 0 Å². The molecule has 3 aromatic rings. The van der Waals surface area contributed by atoms with Gasteiger partial charge in [0.05, 0.1) is 17.0 Å². The fourth-order valence-corrected chi connectivity index (χ4v) is 6.14. The van der Waals surface area contributed by atoms with Crippen molar-refractivity contribution in [1.82, 2.24) is 19.8 Å². The molecule has 2 aliphatic rings. The van der Waals surface area contributed by atoms with Gasteiger partial charge in [0.25, 0.3) is 5.91 Å². The average Bonchev–Trinajstić information content (AvgIpc) is 3.47. The molecule has 40 heavy (non-hydrogen) atoms. The van der Waals surface area contributed by atoms with E-state index in [1.54, 1.807) is 4.90 Å². The number of aryl methyl sites for hydroxylation is 4. The number of benzene rings is 2. The molecule has 8 nitrogen and oxygen atoms in total. The number of carbonyl (C=O) groups excluding carboxylic acids is 2. The Kier molecular flexibility index (Phi) is 8.38. The number of amides is 3. The van der Waals surface area contributed by atoms with Crippen LogP contribution in [0, 0.1) is 39.5 Å². The van der Waals surface area contributed by atoms with E-state index in [1.807, 2.05) is 75.1 Å². The predicted octanol–water partition coefficient (Wildman–Crippen LogP) is 5.50. The smallest absolute Gasteiger partial charge is 0.326 e. The van der Waals surface area contributed by atoms with Crippen molar-refractivity contribution < 1.29 is 9.59 Å². The predicted molar refractivity (Wildman–Crippen MR) is 159 cm³/mol. The molecule has 210 valence electrons. The van der Waals surface area contributed by atoms with Crippen LogP contribution in [0.15, 0.2) is 48.8 Å². The van der Waals surface area contributed by atoms with Crippen LogP contribution in [0.2, 0.25) is 5.02 Å². The number of likely N-dealkylation sites (tertiary alicyclic amines) is 2. The summed E-state index contributed by atoms with van der Waals surface area (Å²) in [6, 6.07) is 13.4. The molecule has 5 rings (SSSR count). The Hall–Kier alpha value is -3.49. The molecule has 3 heterocycles. The van der Waals surface area contributed by atoms with E-state index >= 15 is 0 Å². The van der Waals surface area contributed by atoms with Gasteiger partial charge < -0.3 is 15.1 Å². The first-order chi connectivity index (χ1) is 19.2. The van der Waals surface area contributed by atoms with E-state index in [1.165, 1.54) is 6.33 Å². The molecular formula is C31H37ClN6O2. The van der Waals surface area contributed by atoms with Crippen molar-refractivity contribution in [2.24, 2.45) is 11.8 Å². The molecule has 0 spiro atoms. The second kappa shape index (κ2) is 11.9. The third-order valence-corrected chi connectivity index (χ3v) is 8.53. The van der Waals surface area contributed by atoms with Crippen molar-refractivity contribution in [2.45, 2.75) is 34.1 Å². The summed E-state index contributed by atoms with van der Waals surface area (Å²) in [6.45, 7) is 12.6. The minimum Gasteiger partial charge on any atom is -0.338 e. The fraction of sp³-hybridized carbons (Fsp3) is 0.419. The topological polar surface area (TPSA) is 81.7 Å². The van der Waals surface area contributed by atoms with Gasteiger partial charge in [-0.05, 0) is 87.9 Å².